The van der Waals surface area contributed by atoms with Crippen LogP contribution in [0.25, 0.3) is 0 Å². The number of hydrogen-bond donors (Lipinski definition) is 7. The molecule has 0 unspecified atom stereocenters. The molecule has 178 valence electrons. The number of rotatable bonds is 12. The second kappa shape index (κ2) is 13.6. The molecular weight excluding hydrogens is 454 g/mol. The monoisotopic (exact) mass is 477 g/mol. The minimum absolute atomic E-state index is 0.0726. The van der Waals surface area contributed by atoms with Crippen LogP contribution in [-0.2, 0) is 29.2 Å². The number of carboxylic acids is 4. The summed E-state index contributed by atoms with van der Waals surface area (Å²) in [4.78, 5) is 51.9. The maximum absolute atomic E-state index is 11.9. The highest BCUT2D eigenvalue weighted by Crippen LogP contribution is 2.10. The number of carboxylic acid groups (broad SMARTS) is 4. The number of nitrogens with one attached hydrogen (secondary N) is 2. The van der Waals surface area contributed by atoms with Crippen molar-refractivity contribution in [3.63, 3.8) is 0 Å². The maximum Gasteiger partial charge on any atom is 0.326 e. The zero-order chi connectivity index (χ0) is 24.9. The van der Waals surface area contributed by atoms with Crippen LogP contribution in [0.4, 0.5) is 4.79 Å². The molecule has 0 saturated carbocycles. The summed E-state index contributed by atoms with van der Waals surface area (Å²) in [6.45, 7) is 0. The molecule has 14 nitrogen and oxygen atoms in total. The Bertz CT molecular complexity index is 919. The topological polar surface area (TPSA) is 250 Å². The van der Waals surface area contributed by atoms with Gasteiger partial charge in [0.2, 0.25) is 10.0 Å². The molecule has 2 atom stereocenters. The smallest absolute Gasteiger partial charge is 0.326 e. The van der Waals surface area contributed by atoms with Crippen LogP contribution in [0.3, 0.4) is 0 Å². The molecular formula is C17H23N3O11S. The maximum atomic E-state index is 11.9. The van der Waals surface area contributed by atoms with E-state index in [-0.39, 0.29) is 24.2 Å². The Balaban J connectivity index is 0.000000649. The molecule has 0 aliphatic rings. The third kappa shape index (κ3) is 12.1. The van der Waals surface area contributed by atoms with Crippen LogP contribution >= 0.6 is 0 Å². The fraction of sp³-hybridized carbons (Fsp3) is 0.353. The second-order valence-electron chi connectivity index (χ2n) is 6.09. The van der Waals surface area contributed by atoms with E-state index in [0.717, 1.165) is 0 Å². The van der Waals surface area contributed by atoms with Gasteiger partial charge < -0.3 is 31.5 Å². The predicted molar refractivity (Wildman–Crippen MR) is 106 cm³/mol. The molecule has 2 amide bonds. The first kappa shape index (κ1) is 28.3. The minimum atomic E-state index is -3.98. The summed E-state index contributed by atoms with van der Waals surface area (Å²) >= 11 is 0. The van der Waals surface area contributed by atoms with Gasteiger partial charge in [0.15, 0.2) is 0 Å². The van der Waals surface area contributed by atoms with E-state index in [1.165, 1.54) is 24.3 Å². The third-order valence-corrected chi connectivity index (χ3v) is 5.04. The molecule has 0 bridgehead atoms. The molecule has 0 fully saturated rings. The lowest BCUT2D eigenvalue weighted by Gasteiger charge is -2.13. The summed E-state index contributed by atoms with van der Waals surface area (Å²) in [7, 11) is -3.98. The molecule has 1 rings (SSSR count). The number of nitrogens with two attached hydrogens (primary N) is 1. The average Bonchev–Trinajstić information content (AvgIpc) is 2.68. The Kier molecular flexibility index (Phi) is 12.0. The molecule has 1 aromatic carbocycles. The van der Waals surface area contributed by atoms with Crippen LogP contribution in [0, 0.1) is 0 Å². The number of carbonyl (C=O) groups excluding carboxylic acids is 1. The first-order valence-corrected chi connectivity index (χ1v) is 10.3. The Morgan fingerprint density at radius 2 is 1.25 bits per heavy atom. The van der Waals surface area contributed by atoms with Gasteiger partial charge in [-0.25, -0.2) is 18.0 Å². The first-order valence-electron chi connectivity index (χ1n) is 8.78. The molecule has 15 heteroatoms. The molecule has 1 aromatic rings. The molecule has 0 spiro atoms. The number of hydrogen-bond acceptors (Lipinski definition) is 7. The van der Waals surface area contributed by atoms with Gasteiger partial charge in [0.1, 0.15) is 12.1 Å². The van der Waals surface area contributed by atoms with E-state index < -0.39 is 58.4 Å². The van der Waals surface area contributed by atoms with Gasteiger partial charge in [-0.2, -0.15) is 4.72 Å². The minimum Gasteiger partial charge on any atom is -0.481 e. The Morgan fingerprint density at radius 3 is 1.62 bits per heavy atom. The summed E-state index contributed by atoms with van der Waals surface area (Å²) < 4.78 is 25.7. The Hall–Kier alpha value is -3.72. The lowest BCUT2D eigenvalue weighted by Crippen LogP contribution is -2.43. The number of sulfonamides is 1. The SMILES string of the molecule is NC(=O)N[C@@H](CCC(=O)O)C(=O)O.O=C(O)CC[C@H](NS(=O)(=O)c1ccccc1)C(=O)O. The van der Waals surface area contributed by atoms with Crippen LogP contribution in [0.1, 0.15) is 25.7 Å². The van der Waals surface area contributed by atoms with Crippen LogP contribution in [0.5, 0.6) is 0 Å². The van der Waals surface area contributed by atoms with Crippen molar-refractivity contribution < 1.29 is 52.8 Å². The van der Waals surface area contributed by atoms with E-state index in [2.05, 4.69) is 5.73 Å². The second-order valence-corrected chi connectivity index (χ2v) is 7.80. The van der Waals surface area contributed by atoms with Crippen molar-refractivity contribution in [2.24, 2.45) is 5.73 Å². The zero-order valence-electron chi connectivity index (χ0n) is 16.5. The lowest BCUT2D eigenvalue weighted by atomic mass is 10.1. The summed E-state index contributed by atoms with van der Waals surface area (Å²) in [5.74, 6) is -5.04. The highest BCUT2D eigenvalue weighted by atomic mass is 32.2. The van der Waals surface area contributed by atoms with Crippen molar-refractivity contribution in [3.05, 3.63) is 30.3 Å². The highest BCUT2D eigenvalue weighted by Gasteiger charge is 2.25. The van der Waals surface area contributed by atoms with Crippen LogP contribution in [-0.4, -0.2) is 70.8 Å². The molecule has 0 heterocycles. The molecule has 8 N–H and O–H groups in total. The van der Waals surface area contributed by atoms with Crippen LogP contribution < -0.4 is 15.8 Å². The molecule has 32 heavy (non-hydrogen) atoms. The first-order chi connectivity index (χ1) is 14.8. The lowest BCUT2D eigenvalue weighted by molar-refractivity contribution is -0.142. The number of urea groups is 1. The van der Waals surface area contributed by atoms with Crippen molar-refractivity contribution in [1.29, 1.82) is 0 Å². The summed E-state index contributed by atoms with van der Waals surface area (Å²) in [5, 5.41) is 36.0. The van der Waals surface area contributed by atoms with Gasteiger partial charge in [0.25, 0.3) is 0 Å². The largest absolute Gasteiger partial charge is 0.481 e. The van der Waals surface area contributed by atoms with Crippen molar-refractivity contribution in [1.82, 2.24) is 10.0 Å². The number of benzene rings is 1. The molecule has 0 saturated heterocycles. The number of primary amides is 1. The van der Waals surface area contributed by atoms with E-state index in [1.54, 1.807) is 6.07 Å². The normalized spacial score (nSPS) is 12.4. The average molecular weight is 477 g/mol. The van der Waals surface area contributed by atoms with Crippen LogP contribution in [0.2, 0.25) is 0 Å². The van der Waals surface area contributed by atoms with E-state index >= 15 is 0 Å². The fourth-order valence-electron chi connectivity index (χ4n) is 2.05. The van der Waals surface area contributed by atoms with Gasteiger partial charge in [-0.05, 0) is 25.0 Å². The van der Waals surface area contributed by atoms with Crippen molar-refractivity contribution in [2.75, 3.05) is 0 Å². The summed E-state index contributed by atoms with van der Waals surface area (Å²) in [6.07, 6.45) is -1.28. The van der Waals surface area contributed by atoms with E-state index in [0.29, 0.717) is 0 Å². The van der Waals surface area contributed by atoms with E-state index in [4.69, 9.17) is 20.4 Å². The van der Waals surface area contributed by atoms with E-state index in [9.17, 15) is 32.4 Å². The Morgan fingerprint density at radius 1 is 0.812 bits per heavy atom. The molecule has 0 radical (unpaired) electrons. The standard InChI is InChI=1S/C11H13NO6S.C6H10N2O5/c13-10(14)7-6-9(11(15)16)12-19(17,18)8-4-2-1-3-5-8;7-6(13)8-3(5(11)12)1-2-4(9)10/h1-5,9,12H,6-7H2,(H,13,14)(H,15,16);3H,1-2H2,(H,9,10)(H,11,12)(H3,7,8,13)/t9-;3-/m00/s1. The predicted octanol–water partition coefficient (Wildman–Crippen LogP) is -0.744. The molecule has 0 aliphatic heterocycles. The van der Waals surface area contributed by atoms with Gasteiger partial charge in [-0.15, -0.1) is 0 Å². The zero-order valence-corrected chi connectivity index (χ0v) is 17.3. The number of carbonyl (C=O) groups is 5. The summed E-state index contributed by atoms with van der Waals surface area (Å²) in [6, 6.07) is 3.56. The molecule has 0 aromatic heterocycles. The van der Waals surface area contributed by atoms with Gasteiger partial charge in [0, 0.05) is 12.8 Å². The van der Waals surface area contributed by atoms with Gasteiger partial charge >= 0.3 is 29.9 Å². The summed E-state index contributed by atoms with van der Waals surface area (Å²) in [5.41, 5.74) is 4.68. The van der Waals surface area contributed by atoms with Crippen molar-refractivity contribution >= 4 is 39.9 Å². The third-order valence-electron chi connectivity index (χ3n) is 3.56. The van der Waals surface area contributed by atoms with Gasteiger partial charge in [-0.3, -0.25) is 14.4 Å². The van der Waals surface area contributed by atoms with Gasteiger partial charge in [0.05, 0.1) is 4.90 Å². The quantitative estimate of drug-likeness (QED) is 0.197. The van der Waals surface area contributed by atoms with Crippen molar-refractivity contribution in [2.45, 2.75) is 42.7 Å². The van der Waals surface area contributed by atoms with Gasteiger partial charge in [-0.1, -0.05) is 18.2 Å². The number of amides is 2. The fourth-order valence-corrected chi connectivity index (χ4v) is 3.30. The van der Waals surface area contributed by atoms with Crippen LogP contribution in [0.15, 0.2) is 35.2 Å². The van der Waals surface area contributed by atoms with E-state index in [1.807, 2.05) is 10.0 Å². The molecule has 0 aliphatic carbocycles. The van der Waals surface area contributed by atoms with Crippen molar-refractivity contribution in [3.8, 4) is 0 Å². The Labute approximate surface area is 182 Å². The number of aliphatic carboxylic acids is 4. The highest BCUT2D eigenvalue weighted by molar-refractivity contribution is 7.89.